The van der Waals surface area contributed by atoms with Crippen LogP contribution >= 0.6 is 11.6 Å². The van der Waals surface area contributed by atoms with E-state index in [1.807, 2.05) is 19.1 Å². The molecule has 1 aromatic rings. The van der Waals surface area contributed by atoms with Gasteiger partial charge in [-0.15, -0.1) is 11.6 Å². The number of benzene rings is 1. The molecule has 0 fully saturated rings. The SMILES string of the molecule is Cc1cc(OCCS(C)(=O)=O)ccc1C#CCCl. The number of aryl methyl sites for hydroxylation is 1. The quantitative estimate of drug-likeness (QED) is 0.628. The first-order valence-corrected chi connectivity index (χ1v) is 7.98. The zero-order valence-electron chi connectivity index (χ0n) is 10.4. The van der Waals surface area contributed by atoms with Gasteiger partial charge in [0, 0.05) is 11.8 Å². The van der Waals surface area contributed by atoms with Crippen molar-refractivity contribution in [1.82, 2.24) is 0 Å². The lowest BCUT2D eigenvalue weighted by molar-refractivity contribution is 0.341. The number of alkyl halides is 1. The molecule has 0 spiro atoms. The number of hydrogen-bond acceptors (Lipinski definition) is 3. The molecule has 0 bridgehead atoms. The van der Waals surface area contributed by atoms with Gasteiger partial charge >= 0.3 is 0 Å². The van der Waals surface area contributed by atoms with Crippen LogP contribution in [0.4, 0.5) is 0 Å². The molecule has 0 unspecified atom stereocenters. The van der Waals surface area contributed by atoms with Crippen molar-refractivity contribution in [2.75, 3.05) is 24.5 Å². The molecule has 5 heteroatoms. The predicted octanol–water partition coefficient (Wildman–Crippen LogP) is 2.01. The molecule has 1 aromatic carbocycles. The predicted molar refractivity (Wildman–Crippen MR) is 74.0 cm³/mol. The fourth-order valence-electron chi connectivity index (χ4n) is 1.31. The maximum absolute atomic E-state index is 10.9. The fourth-order valence-corrected chi connectivity index (χ4v) is 1.76. The summed E-state index contributed by atoms with van der Waals surface area (Å²) >= 11 is 5.49. The van der Waals surface area contributed by atoms with Crippen molar-refractivity contribution in [1.29, 1.82) is 0 Å². The van der Waals surface area contributed by atoms with Crippen LogP contribution in [0.1, 0.15) is 11.1 Å². The average molecular weight is 287 g/mol. The smallest absolute Gasteiger partial charge is 0.150 e. The van der Waals surface area contributed by atoms with E-state index in [1.165, 1.54) is 6.26 Å². The van der Waals surface area contributed by atoms with E-state index in [0.717, 1.165) is 11.1 Å². The van der Waals surface area contributed by atoms with E-state index in [9.17, 15) is 8.42 Å². The summed E-state index contributed by atoms with van der Waals surface area (Å²) in [4.78, 5) is 0. The van der Waals surface area contributed by atoms with Crippen molar-refractivity contribution in [3.63, 3.8) is 0 Å². The second kappa shape index (κ2) is 6.67. The summed E-state index contributed by atoms with van der Waals surface area (Å²) < 4.78 is 27.3. The molecule has 0 saturated carbocycles. The van der Waals surface area contributed by atoms with Crippen LogP contribution in [-0.2, 0) is 9.84 Å². The van der Waals surface area contributed by atoms with Crippen LogP contribution in [0.3, 0.4) is 0 Å². The minimum atomic E-state index is -2.99. The number of hydrogen-bond donors (Lipinski definition) is 0. The van der Waals surface area contributed by atoms with E-state index in [0.29, 0.717) is 11.6 Å². The van der Waals surface area contributed by atoms with Crippen LogP contribution in [0.25, 0.3) is 0 Å². The molecule has 18 heavy (non-hydrogen) atoms. The Bertz CT molecular complexity index is 568. The normalized spacial score (nSPS) is 10.6. The summed E-state index contributed by atoms with van der Waals surface area (Å²) in [5, 5.41) is 0. The number of ether oxygens (including phenoxy) is 1. The lowest BCUT2D eigenvalue weighted by atomic mass is 10.1. The molecular weight excluding hydrogens is 272 g/mol. The van der Waals surface area contributed by atoms with Gasteiger partial charge in [-0.2, -0.15) is 0 Å². The third-order valence-corrected chi connectivity index (χ3v) is 3.25. The number of rotatable bonds is 4. The topological polar surface area (TPSA) is 43.4 Å². The van der Waals surface area contributed by atoms with Crippen molar-refractivity contribution in [2.45, 2.75) is 6.92 Å². The molecule has 98 valence electrons. The summed E-state index contributed by atoms with van der Waals surface area (Å²) in [5.41, 5.74) is 1.87. The Labute approximate surface area is 113 Å². The lowest BCUT2D eigenvalue weighted by Gasteiger charge is -2.07. The highest BCUT2D eigenvalue weighted by atomic mass is 35.5. The van der Waals surface area contributed by atoms with Crippen LogP contribution in [0.2, 0.25) is 0 Å². The van der Waals surface area contributed by atoms with Gasteiger partial charge < -0.3 is 4.74 Å². The first kappa shape index (κ1) is 14.9. The molecule has 0 heterocycles. The Kier molecular flexibility index (Phi) is 5.52. The van der Waals surface area contributed by atoms with Crippen molar-refractivity contribution in [2.24, 2.45) is 0 Å². The first-order valence-electron chi connectivity index (χ1n) is 5.38. The lowest BCUT2D eigenvalue weighted by Crippen LogP contribution is -2.12. The molecule has 0 aliphatic rings. The molecular formula is C13H15ClO3S. The fraction of sp³-hybridized carbons (Fsp3) is 0.385. The van der Waals surface area contributed by atoms with E-state index in [4.69, 9.17) is 16.3 Å². The van der Waals surface area contributed by atoms with Crippen molar-refractivity contribution < 1.29 is 13.2 Å². The Morgan fingerprint density at radius 3 is 2.67 bits per heavy atom. The Morgan fingerprint density at radius 1 is 1.39 bits per heavy atom. The van der Waals surface area contributed by atoms with Gasteiger partial charge in [0.05, 0.1) is 11.6 Å². The van der Waals surface area contributed by atoms with Crippen molar-refractivity contribution in [3.05, 3.63) is 29.3 Å². The number of sulfone groups is 1. The van der Waals surface area contributed by atoms with Gasteiger partial charge in [-0.3, -0.25) is 0 Å². The summed E-state index contributed by atoms with van der Waals surface area (Å²) in [6, 6.07) is 5.44. The molecule has 3 nitrogen and oxygen atoms in total. The maximum Gasteiger partial charge on any atom is 0.150 e. The summed E-state index contributed by atoms with van der Waals surface area (Å²) in [5.74, 6) is 6.68. The van der Waals surface area contributed by atoms with Crippen LogP contribution in [0.15, 0.2) is 18.2 Å². The Morgan fingerprint density at radius 2 is 2.11 bits per heavy atom. The van der Waals surface area contributed by atoms with Gasteiger partial charge in [0.1, 0.15) is 12.4 Å². The second-order valence-electron chi connectivity index (χ2n) is 3.89. The van der Waals surface area contributed by atoms with Crippen molar-refractivity contribution in [3.8, 4) is 17.6 Å². The van der Waals surface area contributed by atoms with E-state index < -0.39 is 9.84 Å². The van der Waals surface area contributed by atoms with E-state index >= 15 is 0 Å². The highest BCUT2D eigenvalue weighted by Crippen LogP contribution is 2.16. The van der Waals surface area contributed by atoms with Gasteiger partial charge in [-0.25, -0.2) is 8.42 Å². The van der Waals surface area contributed by atoms with E-state index in [-0.39, 0.29) is 12.4 Å². The number of halogens is 1. The molecule has 0 aliphatic carbocycles. The zero-order chi connectivity index (χ0) is 13.6. The van der Waals surface area contributed by atoms with Gasteiger partial charge in [0.15, 0.2) is 9.84 Å². The molecule has 0 amide bonds. The third-order valence-electron chi connectivity index (χ3n) is 2.21. The summed E-state index contributed by atoms with van der Waals surface area (Å²) in [6.07, 6.45) is 1.19. The largest absolute Gasteiger partial charge is 0.493 e. The molecule has 0 aromatic heterocycles. The molecule has 0 aliphatic heterocycles. The van der Waals surface area contributed by atoms with Gasteiger partial charge in [-0.05, 0) is 30.7 Å². The maximum atomic E-state index is 10.9. The molecule has 0 radical (unpaired) electrons. The van der Waals surface area contributed by atoms with E-state index in [1.54, 1.807) is 6.07 Å². The minimum absolute atomic E-state index is 0.0137. The molecule has 1 rings (SSSR count). The standard InChI is InChI=1S/C13H15ClO3S/c1-11-10-13(17-8-9-18(2,15)16)6-5-12(11)4-3-7-14/h5-6,10H,7-9H2,1-2H3. The van der Waals surface area contributed by atoms with Gasteiger partial charge in [-0.1, -0.05) is 11.8 Å². The minimum Gasteiger partial charge on any atom is -0.493 e. The van der Waals surface area contributed by atoms with Crippen LogP contribution in [0.5, 0.6) is 5.75 Å². The average Bonchev–Trinajstić information content (AvgIpc) is 2.26. The monoisotopic (exact) mass is 286 g/mol. The molecule has 0 saturated heterocycles. The zero-order valence-corrected chi connectivity index (χ0v) is 11.9. The highest BCUT2D eigenvalue weighted by Gasteiger charge is 2.03. The summed E-state index contributed by atoms with van der Waals surface area (Å²) in [7, 11) is -2.99. The van der Waals surface area contributed by atoms with Crippen LogP contribution in [0, 0.1) is 18.8 Å². The summed E-state index contributed by atoms with van der Waals surface area (Å²) in [6.45, 7) is 2.08. The third kappa shape index (κ3) is 5.44. The Balaban J connectivity index is 2.67. The molecule has 0 N–H and O–H groups in total. The second-order valence-corrected chi connectivity index (χ2v) is 6.42. The highest BCUT2D eigenvalue weighted by molar-refractivity contribution is 7.90. The van der Waals surface area contributed by atoms with Crippen molar-refractivity contribution >= 4 is 21.4 Å². The van der Waals surface area contributed by atoms with Gasteiger partial charge in [0.25, 0.3) is 0 Å². The van der Waals surface area contributed by atoms with Crippen LogP contribution in [-0.4, -0.2) is 32.9 Å². The van der Waals surface area contributed by atoms with Gasteiger partial charge in [0.2, 0.25) is 0 Å². The van der Waals surface area contributed by atoms with Crippen LogP contribution < -0.4 is 4.74 Å². The Hall–Kier alpha value is -1.18. The molecule has 0 atom stereocenters. The van der Waals surface area contributed by atoms with E-state index in [2.05, 4.69) is 11.8 Å². The first-order chi connectivity index (χ1) is 8.42.